The number of rotatable bonds is 7. The van der Waals surface area contributed by atoms with Gasteiger partial charge in [0.05, 0.1) is 6.61 Å². The van der Waals surface area contributed by atoms with Gasteiger partial charge in [0.25, 0.3) is 0 Å². The molecule has 1 aliphatic heterocycles. The van der Waals surface area contributed by atoms with Gasteiger partial charge in [0, 0.05) is 19.6 Å². The first kappa shape index (κ1) is 19.9. The van der Waals surface area contributed by atoms with Crippen LogP contribution in [0.1, 0.15) is 41.0 Å². The molecule has 0 saturated carbocycles. The molecular formula is C17H32N2O4. The van der Waals surface area contributed by atoms with Crippen molar-refractivity contribution in [3.63, 3.8) is 0 Å². The highest BCUT2D eigenvalue weighted by atomic mass is 16.6. The van der Waals surface area contributed by atoms with Gasteiger partial charge in [0.2, 0.25) is 5.91 Å². The van der Waals surface area contributed by atoms with Gasteiger partial charge in [-0.1, -0.05) is 13.8 Å². The van der Waals surface area contributed by atoms with Gasteiger partial charge in [-0.25, -0.2) is 0 Å². The molecule has 0 radical (unpaired) electrons. The van der Waals surface area contributed by atoms with E-state index >= 15 is 0 Å². The molecule has 1 fully saturated rings. The van der Waals surface area contributed by atoms with Gasteiger partial charge in [-0.2, -0.15) is 0 Å². The molecule has 0 aromatic rings. The van der Waals surface area contributed by atoms with Crippen LogP contribution in [-0.4, -0.2) is 60.3 Å². The first-order chi connectivity index (χ1) is 10.6. The largest absolute Gasteiger partial charge is 0.459 e. The maximum atomic E-state index is 12.4. The molecule has 1 saturated heterocycles. The molecule has 23 heavy (non-hydrogen) atoms. The van der Waals surface area contributed by atoms with E-state index in [1.54, 1.807) is 20.8 Å². The minimum atomic E-state index is -0.774. The van der Waals surface area contributed by atoms with Crippen LogP contribution in [0, 0.1) is 17.8 Å². The van der Waals surface area contributed by atoms with E-state index in [4.69, 9.17) is 9.84 Å². The van der Waals surface area contributed by atoms with Crippen molar-refractivity contribution in [3.05, 3.63) is 0 Å². The Morgan fingerprint density at radius 3 is 2.52 bits per heavy atom. The summed E-state index contributed by atoms with van der Waals surface area (Å²) in [6, 6.07) is 0. The number of esters is 1. The highest BCUT2D eigenvalue weighted by Gasteiger charge is 2.34. The van der Waals surface area contributed by atoms with E-state index in [9.17, 15) is 9.59 Å². The lowest BCUT2D eigenvalue weighted by molar-refractivity contribution is -0.164. The number of carbonyl (C=O) groups excluding carboxylic acids is 2. The number of β-amino-alcohol motifs (C(OH)–C–C–N with tert-alkyl or cyclic N) is 1. The summed E-state index contributed by atoms with van der Waals surface area (Å²) in [5.41, 5.74) is -0.596. The smallest absolute Gasteiger partial charge is 0.319 e. The molecule has 1 amide bonds. The van der Waals surface area contributed by atoms with Crippen molar-refractivity contribution in [2.24, 2.45) is 17.8 Å². The summed E-state index contributed by atoms with van der Waals surface area (Å²) in [6.07, 6.45) is 0.999. The van der Waals surface area contributed by atoms with E-state index in [0.717, 1.165) is 19.5 Å². The zero-order chi connectivity index (χ0) is 17.6. The zero-order valence-electron chi connectivity index (χ0n) is 15.1. The topological polar surface area (TPSA) is 78.9 Å². The summed E-state index contributed by atoms with van der Waals surface area (Å²) in [4.78, 5) is 26.9. The maximum absolute atomic E-state index is 12.4. The lowest BCUT2D eigenvalue weighted by Crippen LogP contribution is -2.43. The van der Waals surface area contributed by atoms with Gasteiger partial charge in [-0.15, -0.1) is 0 Å². The number of ether oxygens (including phenoxy) is 1. The molecule has 0 spiro atoms. The van der Waals surface area contributed by atoms with Crippen molar-refractivity contribution < 1.29 is 19.4 Å². The van der Waals surface area contributed by atoms with Gasteiger partial charge >= 0.3 is 5.97 Å². The Kier molecular flexibility index (Phi) is 7.48. The van der Waals surface area contributed by atoms with Crippen molar-refractivity contribution in [1.29, 1.82) is 0 Å². The fraction of sp³-hybridized carbons (Fsp3) is 0.882. The number of hydrogen-bond donors (Lipinski definition) is 2. The Morgan fingerprint density at radius 2 is 2.00 bits per heavy atom. The van der Waals surface area contributed by atoms with Crippen LogP contribution in [0.2, 0.25) is 0 Å². The van der Waals surface area contributed by atoms with Gasteiger partial charge < -0.3 is 20.1 Å². The molecule has 2 atom stereocenters. The number of nitrogens with one attached hydrogen (secondary N) is 1. The zero-order valence-corrected chi connectivity index (χ0v) is 15.1. The van der Waals surface area contributed by atoms with E-state index in [-0.39, 0.29) is 18.4 Å². The van der Waals surface area contributed by atoms with Crippen LogP contribution in [0.4, 0.5) is 0 Å². The highest BCUT2D eigenvalue weighted by molar-refractivity contribution is 5.98. The van der Waals surface area contributed by atoms with Crippen LogP contribution in [-0.2, 0) is 14.3 Å². The minimum absolute atomic E-state index is 0.112. The maximum Gasteiger partial charge on any atom is 0.319 e. The first-order valence-corrected chi connectivity index (χ1v) is 8.48. The van der Waals surface area contributed by atoms with Gasteiger partial charge in [-0.3, -0.25) is 9.59 Å². The minimum Gasteiger partial charge on any atom is -0.459 e. The lowest BCUT2D eigenvalue weighted by Gasteiger charge is -2.25. The van der Waals surface area contributed by atoms with E-state index in [1.165, 1.54) is 0 Å². The third kappa shape index (κ3) is 6.87. The van der Waals surface area contributed by atoms with Crippen LogP contribution in [0.5, 0.6) is 0 Å². The second kappa shape index (κ2) is 8.64. The first-order valence-electron chi connectivity index (χ1n) is 8.48. The normalized spacial score (nSPS) is 20.6. The highest BCUT2D eigenvalue weighted by Crippen LogP contribution is 2.19. The summed E-state index contributed by atoms with van der Waals surface area (Å²) >= 11 is 0. The molecule has 6 nitrogen and oxygen atoms in total. The summed E-state index contributed by atoms with van der Waals surface area (Å²) < 4.78 is 5.37. The van der Waals surface area contributed by atoms with Crippen LogP contribution in [0.25, 0.3) is 0 Å². The van der Waals surface area contributed by atoms with Gasteiger partial charge in [-0.05, 0) is 45.6 Å². The van der Waals surface area contributed by atoms with Crippen LogP contribution in [0.15, 0.2) is 0 Å². The molecule has 1 rings (SSSR count). The SMILES string of the molecule is CC(C)[C@@H](C(=O)NC[C@@H]1CCN(CCO)C1)C(=O)OC(C)(C)C. The molecule has 1 heterocycles. The Morgan fingerprint density at radius 1 is 1.35 bits per heavy atom. The van der Waals surface area contributed by atoms with Crippen LogP contribution < -0.4 is 5.32 Å². The number of aliphatic hydroxyl groups is 1. The van der Waals surface area contributed by atoms with Gasteiger partial charge in [0.1, 0.15) is 11.5 Å². The van der Waals surface area contributed by atoms with E-state index in [1.807, 2.05) is 13.8 Å². The lowest BCUT2D eigenvalue weighted by atomic mass is 9.94. The molecule has 0 aromatic carbocycles. The number of carbonyl (C=O) groups is 2. The molecule has 0 aromatic heterocycles. The monoisotopic (exact) mass is 328 g/mol. The Hall–Kier alpha value is -1.14. The van der Waals surface area contributed by atoms with Crippen molar-refractivity contribution in [3.8, 4) is 0 Å². The molecule has 0 aliphatic carbocycles. The average Bonchev–Trinajstić information content (AvgIpc) is 2.82. The summed E-state index contributed by atoms with van der Waals surface area (Å²) in [7, 11) is 0. The van der Waals surface area contributed by atoms with Crippen molar-refractivity contribution in [1.82, 2.24) is 10.2 Å². The Balaban J connectivity index is 2.51. The third-order valence-electron chi connectivity index (χ3n) is 3.96. The standard InChI is InChI=1S/C17H32N2O4/c1-12(2)14(16(22)23-17(3,4)5)15(21)18-10-13-6-7-19(11-13)8-9-20/h12-14,20H,6-11H2,1-5H3,(H,18,21)/t13-,14-/m0/s1. The molecule has 134 valence electrons. The van der Waals surface area contributed by atoms with E-state index < -0.39 is 17.5 Å². The van der Waals surface area contributed by atoms with Crippen LogP contribution >= 0.6 is 0 Å². The van der Waals surface area contributed by atoms with Crippen molar-refractivity contribution >= 4 is 11.9 Å². The van der Waals surface area contributed by atoms with Crippen molar-refractivity contribution in [2.45, 2.75) is 46.6 Å². The summed E-state index contributed by atoms with van der Waals surface area (Å²) in [6.45, 7) is 12.3. The molecular weight excluding hydrogens is 296 g/mol. The summed E-state index contributed by atoms with van der Waals surface area (Å²) in [5, 5.41) is 11.9. The number of aliphatic hydroxyl groups excluding tert-OH is 1. The quantitative estimate of drug-likeness (QED) is 0.539. The van der Waals surface area contributed by atoms with Gasteiger partial charge in [0.15, 0.2) is 0 Å². The number of nitrogens with zero attached hydrogens (tertiary/aromatic N) is 1. The molecule has 6 heteroatoms. The Labute approximate surface area is 139 Å². The van der Waals surface area contributed by atoms with Crippen molar-refractivity contribution in [2.75, 3.05) is 32.8 Å². The summed E-state index contributed by atoms with van der Waals surface area (Å²) in [5.74, 6) is -1.23. The number of likely N-dealkylation sites (tertiary alicyclic amines) is 1. The number of hydrogen-bond acceptors (Lipinski definition) is 5. The third-order valence-corrected chi connectivity index (χ3v) is 3.96. The van der Waals surface area contributed by atoms with E-state index in [2.05, 4.69) is 10.2 Å². The van der Waals surface area contributed by atoms with Crippen LogP contribution in [0.3, 0.4) is 0 Å². The second-order valence-electron chi connectivity index (χ2n) is 7.68. The molecule has 1 aliphatic rings. The fourth-order valence-electron chi connectivity index (χ4n) is 2.83. The molecule has 0 bridgehead atoms. The second-order valence-corrected chi connectivity index (χ2v) is 7.68. The fourth-order valence-corrected chi connectivity index (χ4v) is 2.83. The predicted molar refractivity (Wildman–Crippen MR) is 88.8 cm³/mol. The average molecular weight is 328 g/mol. The predicted octanol–water partition coefficient (Wildman–Crippen LogP) is 1.03. The Bertz CT molecular complexity index is 404. The molecule has 0 unspecified atom stereocenters. The number of amides is 1. The molecule has 2 N–H and O–H groups in total. The van der Waals surface area contributed by atoms with E-state index in [0.29, 0.717) is 19.0 Å².